The third kappa shape index (κ3) is 4.55. The van der Waals surface area contributed by atoms with Crippen LogP contribution in [0.1, 0.15) is 48.2 Å². The summed E-state index contributed by atoms with van der Waals surface area (Å²) in [5, 5.41) is 3.42. The average molecular weight is 460 g/mol. The van der Waals surface area contributed by atoms with Crippen molar-refractivity contribution in [1.29, 1.82) is 0 Å². The molecular formula is C19H21ClF3N5OS. The normalized spacial score (nSPS) is 19.2. The van der Waals surface area contributed by atoms with Crippen molar-refractivity contribution in [3.63, 3.8) is 0 Å². The summed E-state index contributed by atoms with van der Waals surface area (Å²) in [5.74, 6) is 0.436. The molecule has 30 heavy (non-hydrogen) atoms. The van der Waals surface area contributed by atoms with Crippen molar-refractivity contribution >= 4 is 34.1 Å². The Labute approximate surface area is 179 Å². The molecule has 0 spiro atoms. The number of anilines is 2. The molecule has 162 valence electrons. The van der Waals surface area contributed by atoms with Gasteiger partial charge in [0.05, 0.1) is 28.3 Å². The molecule has 2 aliphatic rings. The first-order chi connectivity index (χ1) is 14.1. The van der Waals surface area contributed by atoms with Crippen molar-refractivity contribution in [3.8, 4) is 0 Å². The van der Waals surface area contributed by atoms with Crippen molar-refractivity contribution in [1.82, 2.24) is 14.3 Å². The van der Waals surface area contributed by atoms with Gasteiger partial charge in [-0.15, -0.1) is 0 Å². The van der Waals surface area contributed by atoms with E-state index in [1.165, 1.54) is 6.07 Å². The van der Waals surface area contributed by atoms with Crippen molar-refractivity contribution < 1.29 is 17.4 Å². The molecule has 1 aliphatic carbocycles. The molecule has 1 aliphatic heterocycles. The van der Waals surface area contributed by atoms with E-state index in [-0.39, 0.29) is 16.2 Å². The fraction of sp³-hybridized carbons (Fsp3) is 0.474. The molecule has 2 atom stereocenters. The van der Waals surface area contributed by atoms with Gasteiger partial charge < -0.3 is 11.1 Å². The number of fused-ring (bicyclic) bond motifs is 1. The second kappa shape index (κ2) is 7.97. The summed E-state index contributed by atoms with van der Waals surface area (Å²) in [4.78, 5) is 8.55. The Morgan fingerprint density at radius 1 is 1.30 bits per heavy atom. The van der Waals surface area contributed by atoms with Crippen LogP contribution in [0, 0.1) is 0 Å². The summed E-state index contributed by atoms with van der Waals surface area (Å²) in [6.45, 7) is 2.73. The van der Waals surface area contributed by atoms with Crippen LogP contribution in [0.25, 0.3) is 0 Å². The maximum Gasteiger partial charge on any atom is 0.416 e. The highest BCUT2D eigenvalue weighted by atomic mass is 35.5. The first kappa shape index (κ1) is 21.3. The number of halogens is 4. The molecule has 1 saturated carbocycles. The molecule has 1 fully saturated rings. The lowest BCUT2D eigenvalue weighted by Crippen LogP contribution is -2.35. The SMILES string of the molecule is C[C@@H](Nc1nc(Cl)nc2c1CN(S(=O)C1CC1)CC2)c1cc(N)cc(C(F)(F)F)c1. The van der Waals surface area contributed by atoms with Crippen molar-refractivity contribution in [3.05, 3.63) is 45.9 Å². The molecule has 0 saturated heterocycles. The molecule has 0 amide bonds. The maximum absolute atomic E-state index is 13.2. The van der Waals surface area contributed by atoms with Gasteiger partial charge in [0.2, 0.25) is 5.28 Å². The zero-order valence-corrected chi connectivity index (χ0v) is 17.7. The van der Waals surface area contributed by atoms with Gasteiger partial charge in [-0.3, -0.25) is 0 Å². The third-order valence-electron chi connectivity index (χ3n) is 5.22. The molecule has 11 heteroatoms. The molecule has 1 aromatic heterocycles. The van der Waals surface area contributed by atoms with Gasteiger partial charge in [-0.25, -0.2) is 18.5 Å². The van der Waals surface area contributed by atoms with Gasteiger partial charge in [-0.05, 0) is 55.1 Å². The van der Waals surface area contributed by atoms with Gasteiger partial charge in [0.1, 0.15) is 5.82 Å². The van der Waals surface area contributed by atoms with Crippen LogP contribution in [-0.4, -0.2) is 30.3 Å². The predicted molar refractivity (Wildman–Crippen MR) is 110 cm³/mol. The molecule has 4 rings (SSSR count). The number of hydrogen-bond acceptors (Lipinski definition) is 5. The highest BCUT2D eigenvalue weighted by Gasteiger charge is 2.35. The Bertz CT molecular complexity index is 999. The number of hydrogen-bond donors (Lipinski definition) is 2. The summed E-state index contributed by atoms with van der Waals surface area (Å²) < 4.78 is 54.0. The van der Waals surface area contributed by atoms with Crippen LogP contribution in [0.5, 0.6) is 0 Å². The monoisotopic (exact) mass is 459 g/mol. The van der Waals surface area contributed by atoms with Crippen LogP contribution in [0.3, 0.4) is 0 Å². The van der Waals surface area contributed by atoms with E-state index in [1.807, 2.05) is 4.31 Å². The van der Waals surface area contributed by atoms with E-state index in [9.17, 15) is 17.4 Å². The highest BCUT2D eigenvalue weighted by Crippen LogP contribution is 2.35. The zero-order valence-electron chi connectivity index (χ0n) is 16.2. The van der Waals surface area contributed by atoms with Crippen LogP contribution < -0.4 is 11.1 Å². The first-order valence-corrected chi connectivity index (χ1v) is 11.1. The van der Waals surface area contributed by atoms with Crippen LogP contribution in [0.2, 0.25) is 5.28 Å². The van der Waals surface area contributed by atoms with E-state index >= 15 is 0 Å². The topological polar surface area (TPSA) is 84.1 Å². The molecular weight excluding hydrogens is 439 g/mol. The minimum absolute atomic E-state index is 0.0298. The van der Waals surface area contributed by atoms with E-state index in [2.05, 4.69) is 15.3 Å². The molecule has 0 radical (unpaired) electrons. The van der Waals surface area contributed by atoms with Crippen molar-refractivity contribution in [2.24, 2.45) is 0 Å². The number of aromatic nitrogens is 2. The minimum atomic E-state index is -4.49. The Morgan fingerprint density at radius 3 is 2.70 bits per heavy atom. The molecule has 2 aromatic rings. The standard InChI is InChI=1S/C19H21ClF3N5OS/c1-10(11-6-12(19(21,22)23)8-13(24)7-11)25-17-15-9-28(30(29)14-2-3-14)5-4-16(15)26-18(20)27-17/h6-8,10,14H,2-5,9,24H2,1H3,(H,25,26,27)/t10-,30?/m1/s1. The summed E-state index contributed by atoms with van der Waals surface area (Å²) in [6.07, 6.45) is -1.98. The minimum Gasteiger partial charge on any atom is -0.399 e. The zero-order chi connectivity index (χ0) is 21.6. The van der Waals surface area contributed by atoms with Crippen LogP contribution in [-0.2, 0) is 30.1 Å². The second-order valence-electron chi connectivity index (χ2n) is 7.61. The second-order valence-corrected chi connectivity index (χ2v) is 9.68. The van der Waals surface area contributed by atoms with Gasteiger partial charge in [0, 0.05) is 36.0 Å². The van der Waals surface area contributed by atoms with Gasteiger partial charge in [0.15, 0.2) is 0 Å². The van der Waals surface area contributed by atoms with Crippen LogP contribution >= 0.6 is 11.6 Å². The van der Waals surface area contributed by atoms with E-state index in [0.29, 0.717) is 30.9 Å². The first-order valence-electron chi connectivity index (χ1n) is 9.57. The van der Waals surface area contributed by atoms with Gasteiger partial charge in [-0.2, -0.15) is 13.2 Å². The van der Waals surface area contributed by atoms with E-state index in [1.54, 1.807) is 6.92 Å². The fourth-order valence-electron chi connectivity index (χ4n) is 3.49. The lowest BCUT2D eigenvalue weighted by Gasteiger charge is -2.29. The highest BCUT2D eigenvalue weighted by molar-refractivity contribution is 7.83. The quantitative estimate of drug-likeness (QED) is 0.519. The average Bonchev–Trinajstić information content (AvgIpc) is 3.51. The van der Waals surface area contributed by atoms with Crippen LogP contribution in [0.4, 0.5) is 24.7 Å². The van der Waals surface area contributed by atoms with Gasteiger partial charge in [-0.1, -0.05) is 0 Å². The summed E-state index contributed by atoms with van der Waals surface area (Å²) in [6, 6.07) is 2.95. The predicted octanol–water partition coefficient (Wildman–Crippen LogP) is 4.09. The number of nitrogens with zero attached hydrogens (tertiary/aromatic N) is 3. The van der Waals surface area contributed by atoms with E-state index in [0.717, 1.165) is 36.2 Å². The molecule has 6 nitrogen and oxygen atoms in total. The summed E-state index contributed by atoms with van der Waals surface area (Å²) >= 11 is 6.08. The number of nitrogen functional groups attached to an aromatic ring is 1. The third-order valence-corrected chi connectivity index (χ3v) is 7.25. The number of rotatable bonds is 5. The smallest absolute Gasteiger partial charge is 0.399 e. The fourth-order valence-corrected chi connectivity index (χ4v) is 5.17. The molecule has 2 heterocycles. The van der Waals surface area contributed by atoms with Gasteiger partial charge in [0.25, 0.3) is 0 Å². The van der Waals surface area contributed by atoms with E-state index < -0.39 is 28.8 Å². The van der Waals surface area contributed by atoms with Crippen molar-refractivity contribution in [2.75, 3.05) is 17.6 Å². The molecule has 1 unspecified atom stereocenters. The van der Waals surface area contributed by atoms with Gasteiger partial charge >= 0.3 is 6.18 Å². The molecule has 3 N–H and O–H groups in total. The number of benzene rings is 1. The van der Waals surface area contributed by atoms with Crippen molar-refractivity contribution in [2.45, 2.75) is 50.2 Å². The number of nitrogens with one attached hydrogen (secondary N) is 1. The lowest BCUT2D eigenvalue weighted by atomic mass is 10.0. The Balaban J connectivity index is 1.61. The number of nitrogens with two attached hydrogens (primary N) is 1. The summed E-state index contributed by atoms with van der Waals surface area (Å²) in [7, 11) is -1.06. The maximum atomic E-state index is 13.2. The Morgan fingerprint density at radius 2 is 2.03 bits per heavy atom. The molecule has 1 aromatic carbocycles. The van der Waals surface area contributed by atoms with E-state index in [4.69, 9.17) is 17.3 Å². The Hall–Kier alpha value is -1.91. The number of alkyl halides is 3. The van der Waals surface area contributed by atoms with Crippen LogP contribution in [0.15, 0.2) is 18.2 Å². The summed E-state index contributed by atoms with van der Waals surface area (Å²) in [5.41, 5.74) is 6.82. The Kier molecular flexibility index (Phi) is 5.67. The lowest BCUT2D eigenvalue weighted by molar-refractivity contribution is -0.137. The molecule has 0 bridgehead atoms. The largest absolute Gasteiger partial charge is 0.416 e.